The van der Waals surface area contributed by atoms with Crippen molar-refractivity contribution in [2.45, 2.75) is 23.9 Å². The van der Waals surface area contributed by atoms with Crippen molar-refractivity contribution in [1.29, 1.82) is 0 Å². The molecular weight excluding hydrogens is 274 g/mol. The van der Waals surface area contributed by atoms with E-state index in [1.54, 1.807) is 6.07 Å². The number of hydrogen-bond donors (Lipinski definition) is 2. The molecule has 0 amide bonds. The number of nitrogen functional groups attached to an aromatic ring is 1. The number of hydrogen-bond acceptors (Lipinski definition) is 5. The van der Waals surface area contributed by atoms with E-state index in [9.17, 15) is 12.6 Å². The molecule has 2 heterocycles. The van der Waals surface area contributed by atoms with Crippen molar-refractivity contribution in [2.24, 2.45) is 0 Å². The van der Waals surface area contributed by atoms with Gasteiger partial charge in [-0.05, 0) is 25.0 Å². The molecule has 0 bridgehead atoms. The van der Waals surface area contributed by atoms with Crippen molar-refractivity contribution in [3.05, 3.63) is 18.3 Å². The second-order valence-corrected chi connectivity index (χ2v) is 7.47. The quantitative estimate of drug-likeness (QED) is 0.806. The molecule has 1 saturated heterocycles. The summed E-state index contributed by atoms with van der Waals surface area (Å²) >= 11 is 0. The number of sulfonamides is 1. The molecular formula is C10H15N3O3S2. The van der Waals surface area contributed by atoms with Gasteiger partial charge in [-0.15, -0.1) is 0 Å². The van der Waals surface area contributed by atoms with Crippen LogP contribution in [0.4, 0.5) is 5.69 Å². The second kappa shape index (κ2) is 5.33. The van der Waals surface area contributed by atoms with E-state index in [4.69, 9.17) is 5.73 Å². The molecule has 1 aromatic heterocycles. The van der Waals surface area contributed by atoms with Crippen LogP contribution in [-0.2, 0) is 20.8 Å². The van der Waals surface area contributed by atoms with Gasteiger partial charge >= 0.3 is 0 Å². The largest absolute Gasteiger partial charge is 0.396 e. The average molecular weight is 289 g/mol. The SMILES string of the molecule is Nc1cccnc1S(=O)(=O)NC1CCS(=O)CC1. The minimum absolute atomic E-state index is 0.129. The molecule has 0 aliphatic carbocycles. The van der Waals surface area contributed by atoms with Crippen LogP contribution in [0.25, 0.3) is 0 Å². The highest BCUT2D eigenvalue weighted by atomic mass is 32.2. The first kappa shape index (κ1) is 13.4. The first-order valence-corrected chi connectivity index (χ1v) is 8.54. The Bertz CT molecular complexity index is 549. The van der Waals surface area contributed by atoms with Crippen molar-refractivity contribution in [1.82, 2.24) is 9.71 Å². The van der Waals surface area contributed by atoms with Gasteiger partial charge in [0.2, 0.25) is 0 Å². The van der Waals surface area contributed by atoms with Gasteiger partial charge in [-0.25, -0.2) is 18.1 Å². The van der Waals surface area contributed by atoms with Crippen LogP contribution in [0.3, 0.4) is 0 Å². The number of nitrogens with one attached hydrogen (secondary N) is 1. The standard InChI is InChI=1S/C10H15N3O3S2/c11-9-2-1-5-12-10(9)18(15,16)13-8-3-6-17(14)7-4-8/h1-2,5,8,13H,3-4,6-7,11H2. The normalized spacial score (nSPS) is 24.9. The van der Waals surface area contributed by atoms with E-state index in [0.717, 1.165) is 0 Å². The van der Waals surface area contributed by atoms with Gasteiger partial charge < -0.3 is 5.73 Å². The molecule has 0 spiro atoms. The summed E-state index contributed by atoms with van der Waals surface area (Å²) in [6, 6.07) is 2.89. The fourth-order valence-corrected chi connectivity index (χ4v) is 4.48. The summed E-state index contributed by atoms with van der Waals surface area (Å²) in [4.78, 5) is 3.79. The van der Waals surface area contributed by atoms with Gasteiger partial charge in [0, 0.05) is 34.5 Å². The van der Waals surface area contributed by atoms with Crippen molar-refractivity contribution in [3.8, 4) is 0 Å². The van der Waals surface area contributed by atoms with Crippen LogP contribution in [0.5, 0.6) is 0 Å². The Morgan fingerprint density at radius 2 is 2.06 bits per heavy atom. The minimum atomic E-state index is -3.69. The molecule has 100 valence electrons. The number of rotatable bonds is 3. The maximum absolute atomic E-state index is 12.1. The van der Waals surface area contributed by atoms with Gasteiger partial charge in [-0.2, -0.15) is 0 Å². The van der Waals surface area contributed by atoms with Crippen LogP contribution in [0, 0.1) is 0 Å². The summed E-state index contributed by atoms with van der Waals surface area (Å²) < 4.78 is 37.9. The third kappa shape index (κ3) is 3.06. The summed E-state index contributed by atoms with van der Waals surface area (Å²) in [5, 5.41) is -0.142. The highest BCUT2D eigenvalue weighted by molar-refractivity contribution is 7.89. The Kier molecular flexibility index (Phi) is 3.98. The lowest BCUT2D eigenvalue weighted by atomic mass is 10.2. The van der Waals surface area contributed by atoms with Crippen LogP contribution in [0.15, 0.2) is 23.4 Å². The topological polar surface area (TPSA) is 102 Å². The molecule has 1 aromatic rings. The van der Waals surface area contributed by atoms with Crippen molar-refractivity contribution >= 4 is 26.5 Å². The van der Waals surface area contributed by atoms with Crippen molar-refractivity contribution in [3.63, 3.8) is 0 Å². The summed E-state index contributed by atoms with van der Waals surface area (Å²) in [6.07, 6.45) is 2.55. The summed E-state index contributed by atoms with van der Waals surface area (Å²) in [6.45, 7) is 0. The Balaban J connectivity index is 2.13. The highest BCUT2D eigenvalue weighted by Crippen LogP contribution is 2.17. The van der Waals surface area contributed by atoms with Crippen LogP contribution in [-0.4, -0.2) is 35.2 Å². The molecule has 3 N–H and O–H groups in total. The van der Waals surface area contributed by atoms with Crippen LogP contribution < -0.4 is 10.5 Å². The summed E-state index contributed by atoms with van der Waals surface area (Å²) in [5.41, 5.74) is 5.73. The van der Waals surface area contributed by atoms with E-state index in [-0.39, 0.29) is 16.8 Å². The molecule has 1 fully saturated rings. The highest BCUT2D eigenvalue weighted by Gasteiger charge is 2.26. The lowest BCUT2D eigenvalue weighted by molar-refractivity contribution is 0.520. The lowest BCUT2D eigenvalue weighted by Crippen LogP contribution is -2.40. The number of nitrogens with zero attached hydrogens (tertiary/aromatic N) is 1. The van der Waals surface area contributed by atoms with Crippen molar-refractivity contribution in [2.75, 3.05) is 17.2 Å². The first-order chi connectivity index (χ1) is 8.49. The van der Waals surface area contributed by atoms with E-state index in [0.29, 0.717) is 24.3 Å². The minimum Gasteiger partial charge on any atom is -0.396 e. The van der Waals surface area contributed by atoms with E-state index < -0.39 is 20.8 Å². The maximum Gasteiger partial charge on any atom is 0.260 e. The molecule has 0 aromatic carbocycles. The van der Waals surface area contributed by atoms with Crippen molar-refractivity contribution < 1.29 is 12.6 Å². The van der Waals surface area contributed by atoms with Crippen LogP contribution in [0.2, 0.25) is 0 Å². The van der Waals surface area contributed by atoms with Gasteiger partial charge in [-0.3, -0.25) is 4.21 Å². The molecule has 1 aliphatic rings. The smallest absolute Gasteiger partial charge is 0.260 e. The molecule has 6 nitrogen and oxygen atoms in total. The number of pyridine rings is 1. The molecule has 0 radical (unpaired) electrons. The van der Waals surface area contributed by atoms with Gasteiger partial charge in [0.15, 0.2) is 5.03 Å². The van der Waals surface area contributed by atoms with E-state index >= 15 is 0 Å². The number of anilines is 1. The Morgan fingerprint density at radius 3 is 2.67 bits per heavy atom. The molecule has 8 heteroatoms. The zero-order valence-corrected chi connectivity index (χ0v) is 11.3. The summed E-state index contributed by atoms with van der Waals surface area (Å²) in [7, 11) is -4.51. The molecule has 0 saturated carbocycles. The second-order valence-electron chi connectivity index (χ2n) is 4.14. The fourth-order valence-electron chi connectivity index (χ4n) is 1.81. The lowest BCUT2D eigenvalue weighted by Gasteiger charge is -2.22. The van der Waals surface area contributed by atoms with Gasteiger partial charge in [0.1, 0.15) is 0 Å². The zero-order valence-electron chi connectivity index (χ0n) is 9.70. The average Bonchev–Trinajstić information content (AvgIpc) is 2.32. The first-order valence-electron chi connectivity index (χ1n) is 5.57. The Hall–Kier alpha value is -0.990. The fraction of sp³-hybridized carbons (Fsp3) is 0.500. The third-order valence-corrected chi connectivity index (χ3v) is 5.64. The molecule has 0 atom stereocenters. The predicted molar refractivity (Wildman–Crippen MR) is 69.9 cm³/mol. The maximum atomic E-state index is 12.1. The molecule has 1 aliphatic heterocycles. The Morgan fingerprint density at radius 1 is 1.39 bits per heavy atom. The number of aromatic nitrogens is 1. The monoisotopic (exact) mass is 289 g/mol. The van der Waals surface area contributed by atoms with Crippen LogP contribution in [0.1, 0.15) is 12.8 Å². The van der Waals surface area contributed by atoms with Gasteiger partial charge in [0.25, 0.3) is 10.0 Å². The summed E-state index contributed by atoms with van der Waals surface area (Å²) in [5.74, 6) is 1.07. The van der Waals surface area contributed by atoms with Gasteiger partial charge in [-0.1, -0.05) is 0 Å². The van der Waals surface area contributed by atoms with E-state index in [2.05, 4.69) is 9.71 Å². The van der Waals surface area contributed by atoms with Crippen LogP contribution >= 0.6 is 0 Å². The molecule has 18 heavy (non-hydrogen) atoms. The Labute approximate surface area is 108 Å². The number of nitrogens with two attached hydrogens (primary N) is 1. The molecule has 2 rings (SSSR count). The van der Waals surface area contributed by atoms with E-state index in [1.165, 1.54) is 12.3 Å². The zero-order chi connectivity index (χ0) is 13.2. The predicted octanol–water partition coefficient (Wildman–Crippen LogP) is -0.147. The van der Waals surface area contributed by atoms with E-state index in [1.807, 2.05) is 0 Å². The third-order valence-electron chi connectivity index (χ3n) is 2.76. The van der Waals surface area contributed by atoms with Gasteiger partial charge in [0.05, 0.1) is 5.69 Å². The molecule has 0 unspecified atom stereocenters.